The SMILES string of the molecule is CCCC(NC(=O)c1cccc(OCC(=O)N(C)C)c1)c1cccc(C(F)(F)F)c1. The summed E-state index contributed by atoms with van der Waals surface area (Å²) in [6, 6.07) is 10.7. The molecule has 0 saturated heterocycles. The summed E-state index contributed by atoms with van der Waals surface area (Å²) < 4.78 is 44.5. The highest BCUT2D eigenvalue weighted by Crippen LogP contribution is 2.31. The molecule has 162 valence electrons. The number of rotatable bonds is 8. The Morgan fingerprint density at radius 1 is 1.10 bits per heavy atom. The number of ether oxygens (including phenoxy) is 1. The van der Waals surface area contributed by atoms with E-state index in [4.69, 9.17) is 4.74 Å². The van der Waals surface area contributed by atoms with E-state index in [-0.39, 0.29) is 18.1 Å². The van der Waals surface area contributed by atoms with Crippen molar-refractivity contribution in [2.45, 2.75) is 32.0 Å². The molecule has 0 aliphatic heterocycles. The average Bonchev–Trinajstić information content (AvgIpc) is 2.71. The van der Waals surface area contributed by atoms with Crippen LogP contribution in [0.1, 0.15) is 47.3 Å². The molecule has 2 aromatic rings. The van der Waals surface area contributed by atoms with E-state index in [1.165, 1.54) is 17.0 Å². The second-order valence-corrected chi connectivity index (χ2v) is 7.04. The fraction of sp³-hybridized carbons (Fsp3) is 0.364. The largest absolute Gasteiger partial charge is 0.484 e. The first kappa shape index (κ1) is 23.3. The fourth-order valence-corrected chi connectivity index (χ4v) is 2.79. The van der Waals surface area contributed by atoms with Crippen LogP contribution >= 0.6 is 0 Å². The van der Waals surface area contributed by atoms with Crippen LogP contribution in [0.15, 0.2) is 48.5 Å². The summed E-state index contributed by atoms with van der Waals surface area (Å²) >= 11 is 0. The van der Waals surface area contributed by atoms with E-state index in [9.17, 15) is 22.8 Å². The number of hydrogen-bond donors (Lipinski definition) is 1. The molecule has 2 amide bonds. The first-order chi connectivity index (χ1) is 14.1. The predicted molar refractivity (Wildman–Crippen MR) is 107 cm³/mol. The first-order valence-electron chi connectivity index (χ1n) is 9.53. The van der Waals surface area contributed by atoms with Crippen molar-refractivity contribution in [2.75, 3.05) is 20.7 Å². The van der Waals surface area contributed by atoms with Crippen LogP contribution < -0.4 is 10.1 Å². The number of nitrogens with zero attached hydrogens (tertiary/aromatic N) is 1. The summed E-state index contributed by atoms with van der Waals surface area (Å²) in [5.74, 6) is -0.309. The molecule has 0 saturated carbocycles. The Labute approximate surface area is 173 Å². The number of likely N-dealkylation sites (N-methyl/N-ethyl adjacent to an activating group) is 1. The Balaban J connectivity index is 2.16. The number of benzene rings is 2. The van der Waals surface area contributed by atoms with E-state index in [0.717, 1.165) is 12.1 Å². The summed E-state index contributed by atoms with van der Waals surface area (Å²) in [7, 11) is 3.22. The van der Waals surface area contributed by atoms with Crippen LogP contribution in [-0.4, -0.2) is 37.4 Å². The zero-order valence-corrected chi connectivity index (χ0v) is 17.1. The number of halogens is 3. The van der Waals surface area contributed by atoms with Crippen molar-refractivity contribution in [3.05, 3.63) is 65.2 Å². The molecule has 0 heterocycles. The van der Waals surface area contributed by atoms with Gasteiger partial charge in [0, 0.05) is 19.7 Å². The summed E-state index contributed by atoms with van der Waals surface area (Å²) in [5, 5.41) is 2.80. The van der Waals surface area contributed by atoms with Crippen LogP contribution in [0.3, 0.4) is 0 Å². The van der Waals surface area contributed by atoms with Gasteiger partial charge in [0.2, 0.25) is 0 Å². The molecule has 0 fully saturated rings. The lowest BCUT2D eigenvalue weighted by Crippen LogP contribution is -2.29. The third kappa shape index (κ3) is 6.50. The lowest BCUT2D eigenvalue weighted by molar-refractivity contribution is -0.137. The number of carbonyl (C=O) groups is 2. The minimum absolute atomic E-state index is 0.166. The first-order valence-corrected chi connectivity index (χ1v) is 9.53. The van der Waals surface area contributed by atoms with E-state index in [2.05, 4.69) is 5.32 Å². The quantitative estimate of drug-likeness (QED) is 0.684. The highest BCUT2D eigenvalue weighted by Gasteiger charge is 2.31. The van der Waals surface area contributed by atoms with Gasteiger partial charge in [-0.3, -0.25) is 9.59 Å². The smallest absolute Gasteiger partial charge is 0.416 e. The summed E-state index contributed by atoms with van der Waals surface area (Å²) in [4.78, 5) is 25.8. The molecule has 0 spiro atoms. The maximum atomic E-state index is 13.0. The number of nitrogens with one attached hydrogen (secondary N) is 1. The molecule has 0 bridgehead atoms. The molecular formula is C22H25F3N2O3. The zero-order chi connectivity index (χ0) is 22.3. The molecule has 0 aliphatic carbocycles. The molecule has 2 aromatic carbocycles. The van der Waals surface area contributed by atoms with Crippen molar-refractivity contribution in [1.29, 1.82) is 0 Å². The summed E-state index contributed by atoms with van der Waals surface area (Å²) in [5.41, 5.74) is -0.0711. The molecule has 5 nitrogen and oxygen atoms in total. The maximum Gasteiger partial charge on any atom is 0.416 e. The van der Waals surface area contributed by atoms with E-state index in [0.29, 0.717) is 24.2 Å². The number of amides is 2. The minimum atomic E-state index is -4.45. The molecule has 1 unspecified atom stereocenters. The predicted octanol–water partition coefficient (Wildman–Crippen LogP) is 4.44. The highest BCUT2D eigenvalue weighted by molar-refractivity contribution is 5.94. The normalized spacial score (nSPS) is 12.2. The Hall–Kier alpha value is -3.03. The molecule has 0 aliphatic rings. The van der Waals surface area contributed by atoms with Gasteiger partial charge in [-0.15, -0.1) is 0 Å². The number of alkyl halides is 3. The van der Waals surface area contributed by atoms with Gasteiger partial charge in [-0.1, -0.05) is 31.5 Å². The summed E-state index contributed by atoms with van der Waals surface area (Å²) in [6.45, 7) is 1.73. The fourth-order valence-electron chi connectivity index (χ4n) is 2.79. The molecule has 1 atom stereocenters. The van der Waals surface area contributed by atoms with Gasteiger partial charge >= 0.3 is 6.18 Å². The van der Waals surface area contributed by atoms with Crippen LogP contribution in [0.4, 0.5) is 13.2 Å². The maximum absolute atomic E-state index is 13.0. The van der Waals surface area contributed by atoms with E-state index in [1.807, 2.05) is 6.92 Å². The molecule has 0 radical (unpaired) electrons. The number of hydrogen-bond acceptors (Lipinski definition) is 3. The third-order valence-corrected chi connectivity index (χ3v) is 4.46. The highest BCUT2D eigenvalue weighted by atomic mass is 19.4. The second kappa shape index (κ2) is 10.1. The zero-order valence-electron chi connectivity index (χ0n) is 17.1. The molecule has 0 aromatic heterocycles. The van der Waals surface area contributed by atoms with Crippen LogP contribution in [0.2, 0.25) is 0 Å². The lowest BCUT2D eigenvalue weighted by Gasteiger charge is -2.20. The van der Waals surface area contributed by atoms with Crippen molar-refractivity contribution in [3.63, 3.8) is 0 Å². The lowest BCUT2D eigenvalue weighted by atomic mass is 9.99. The molecular weight excluding hydrogens is 397 g/mol. The van der Waals surface area contributed by atoms with Crippen molar-refractivity contribution >= 4 is 11.8 Å². The minimum Gasteiger partial charge on any atom is -0.484 e. The second-order valence-electron chi connectivity index (χ2n) is 7.04. The molecule has 30 heavy (non-hydrogen) atoms. The van der Waals surface area contributed by atoms with Crippen molar-refractivity contribution in [3.8, 4) is 5.75 Å². The van der Waals surface area contributed by atoms with Crippen LogP contribution in [0.25, 0.3) is 0 Å². The Bertz CT molecular complexity index is 882. The molecule has 8 heteroatoms. The van der Waals surface area contributed by atoms with Gasteiger partial charge in [-0.05, 0) is 42.3 Å². The Morgan fingerprint density at radius 2 is 1.80 bits per heavy atom. The van der Waals surface area contributed by atoms with Gasteiger partial charge in [-0.2, -0.15) is 13.2 Å². The average molecular weight is 422 g/mol. The number of carbonyl (C=O) groups excluding carboxylic acids is 2. The topological polar surface area (TPSA) is 58.6 Å². The van der Waals surface area contributed by atoms with Crippen LogP contribution in [0.5, 0.6) is 5.75 Å². The van der Waals surface area contributed by atoms with Crippen molar-refractivity contribution in [1.82, 2.24) is 10.2 Å². The van der Waals surface area contributed by atoms with E-state index < -0.39 is 23.7 Å². The van der Waals surface area contributed by atoms with Crippen LogP contribution in [0, 0.1) is 0 Å². The molecule has 1 N–H and O–H groups in total. The van der Waals surface area contributed by atoms with Gasteiger partial charge in [0.25, 0.3) is 11.8 Å². The van der Waals surface area contributed by atoms with Gasteiger partial charge in [0.05, 0.1) is 11.6 Å². The van der Waals surface area contributed by atoms with Crippen molar-refractivity contribution < 1.29 is 27.5 Å². The Morgan fingerprint density at radius 3 is 2.43 bits per heavy atom. The van der Waals surface area contributed by atoms with E-state index in [1.54, 1.807) is 38.4 Å². The Kier molecular flexibility index (Phi) is 7.86. The monoisotopic (exact) mass is 422 g/mol. The van der Waals surface area contributed by atoms with Gasteiger partial charge in [0.1, 0.15) is 5.75 Å². The van der Waals surface area contributed by atoms with Gasteiger partial charge < -0.3 is 15.0 Å². The van der Waals surface area contributed by atoms with Gasteiger partial charge in [-0.25, -0.2) is 0 Å². The van der Waals surface area contributed by atoms with Crippen molar-refractivity contribution in [2.24, 2.45) is 0 Å². The van der Waals surface area contributed by atoms with Crippen LogP contribution in [-0.2, 0) is 11.0 Å². The summed E-state index contributed by atoms with van der Waals surface area (Å²) in [6.07, 6.45) is -3.29. The van der Waals surface area contributed by atoms with E-state index >= 15 is 0 Å². The third-order valence-electron chi connectivity index (χ3n) is 4.46. The standard InChI is InChI=1S/C22H25F3N2O3/c1-4-7-19(15-8-5-10-17(12-15)22(23,24)25)26-21(29)16-9-6-11-18(13-16)30-14-20(28)27(2)3/h5-6,8-13,19H,4,7,14H2,1-3H3,(H,26,29). The van der Waals surface area contributed by atoms with Gasteiger partial charge in [0.15, 0.2) is 6.61 Å². The molecule has 2 rings (SSSR count).